The molecule has 0 unspecified atom stereocenters. The molecule has 32 heavy (non-hydrogen) atoms. The number of carbonyl (C=O) groups is 2. The molecule has 2 heterocycles. The maximum atomic E-state index is 13.0. The summed E-state index contributed by atoms with van der Waals surface area (Å²) in [5, 5.41) is 0. The number of rotatable bonds is 6. The van der Waals surface area contributed by atoms with Gasteiger partial charge in [0.05, 0.1) is 23.8 Å². The highest BCUT2D eigenvalue weighted by atomic mass is 32.2. The van der Waals surface area contributed by atoms with Gasteiger partial charge in [-0.2, -0.15) is 4.31 Å². The van der Waals surface area contributed by atoms with Crippen LogP contribution in [0.2, 0.25) is 0 Å². The molecule has 0 saturated carbocycles. The van der Waals surface area contributed by atoms with Crippen molar-refractivity contribution in [2.24, 2.45) is 0 Å². The van der Waals surface area contributed by atoms with Crippen LogP contribution >= 0.6 is 0 Å². The lowest BCUT2D eigenvalue weighted by Crippen LogP contribution is -2.45. The van der Waals surface area contributed by atoms with Crippen LogP contribution in [-0.4, -0.2) is 75.9 Å². The highest BCUT2D eigenvalue weighted by molar-refractivity contribution is 7.89. The first-order chi connectivity index (χ1) is 15.4. The second-order valence-corrected chi connectivity index (χ2v) is 9.59. The van der Waals surface area contributed by atoms with Crippen molar-refractivity contribution in [3.63, 3.8) is 0 Å². The molecular weight excluding hydrogens is 434 g/mol. The van der Waals surface area contributed by atoms with E-state index in [1.54, 1.807) is 7.05 Å². The zero-order chi connectivity index (χ0) is 22.7. The fraction of sp³-hybridized carbons (Fsp3) is 0.364. The number of ether oxygens (including phenoxy) is 2. The molecule has 0 aliphatic carbocycles. The van der Waals surface area contributed by atoms with Gasteiger partial charge in [-0.15, -0.1) is 0 Å². The number of fused-ring (bicyclic) bond motifs is 1. The van der Waals surface area contributed by atoms with Crippen molar-refractivity contribution in [3.05, 3.63) is 54.1 Å². The van der Waals surface area contributed by atoms with Gasteiger partial charge in [0.1, 0.15) is 12.3 Å². The average molecular weight is 460 g/mol. The fourth-order valence-electron chi connectivity index (χ4n) is 3.65. The molecule has 0 bridgehead atoms. The summed E-state index contributed by atoms with van der Waals surface area (Å²) in [4.78, 5) is 28.3. The van der Waals surface area contributed by atoms with Gasteiger partial charge in [-0.05, 0) is 23.8 Å². The summed E-state index contributed by atoms with van der Waals surface area (Å²) in [6.45, 7) is 1.18. The van der Waals surface area contributed by atoms with Crippen LogP contribution in [0.1, 0.15) is 5.56 Å². The second kappa shape index (κ2) is 9.27. The van der Waals surface area contributed by atoms with E-state index in [-0.39, 0.29) is 42.7 Å². The van der Waals surface area contributed by atoms with E-state index in [1.807, 2.05) is 30.3 Å². The molecule has 4 rings (SSSR count). The smallest absolute Gasteiger partial charge is 0.265 e. The van der Waals surface area contributed by atoms with Crippen LogP contribution < -0.4 is 9.64 Å². The summed E-state index contributed by atoms with van der Waals surface area (Å²) < 4.78 is 38.2. The van der Waals surface area contributed by atoms with E-state index in [4.69, 9.17) is 9.47 Å². The largest absolute Gasteiger partial charge is 0.482 e. The summed E-state index contributed by atoms with van der Waals surface area (Å²) in [5.74, 6) is -0.305. The molecule has 9 nitrogen and oxygen atoms in total. The zero-order valence-corrected chi connectivity index (χ0v) is 18.6. The monoisotopic (exact) mass is 459 g/mol. The number of nitrogens with zero attached hydrogens (tertiary/aromatic N) is 3. The van der Waals surface area contributed by atoms with E-state index in [1.165, 1.54) is 32.3 Å². The molecular formula is C22H25N3O6S. The summed E-state index contributed by atoms with van der Waals surface area (Å²) in [7, 11) is -2.09. The zero-order valence-electron chi connectivity index (χ0n) is 17.8. The lowest BCUT2D eigenvalue weighted by Gasteiger charge is -2.31. The molecule has 1 fully saturated rings. The fourth-order valence-corrected chi connectivity index (χ4v) is 5.08. The molecule has 2 amide bonds. The lowest BCUT2D eigenvalue weighted by molar-refractivity contribution is -0.131. The Hall–Kier alpha value is -2.95. The molecule has 0 atom stereocenters. The maximum Gasteiger partial charge on any atom is 0.265 e. The van der Waals surface area contributed by atoms with E-state index in [0.717, 1.165) is 5.56 Å². The van der Waals surface area contributed by atoms with E-state index >= 15 is 0 Å². The highest BCUT2D eigenvalue weighted by Gasteiger charge is 2.32. The number of amides is 2. The van der Waals surface area contributed by atoms with Gasteiger partial charge in [-0.3, -0.25) is 14.5 Å². The SMILES string of the molecule is CN(Cc1ccccc1)C(=O)CN1C(=O)COc2ccc(S(=O)(=O)N3CCOCC3)cc21. The first-order valence-corrected chi connectivity index (χ1v) is 11.7. The third kappa shape index (κ3) is 4.62. The third-order valence-corrected chi connectivity index (χ3v) is 7.36. The van der Waals surface area contributed by atoms with Crippen LogP contribution in [0.5, 0.6) is 5.75 Å². The Morgan fingerprint density at radius 3 is 2.53 bits per heavy atom. The minimum absolute atomic E-state index is 0.0477. The van der Waals surface area contributed by atoms with Crippen molar-refractivity contribution in [2.75, 3.05) is 51.4 Å². The molecule has 1 saturated heterocycles. The molecule has 0 aromatic heterocycles. The molecule has 170 valence electrons. The molecule has 2 aromatic carbocycles. The average Bonchev–Trinajstić information content (AvgIpc) is 2.81. The molecule has 0 N–H and O–H groups in total. The van der Waals surface area contributed by atoms with E-state index in [9.17, 15) is 18.0 Å². The van der Waals surface area contributed by atoms with Gasteiger partial charge >= 0.3 is 0 Å². The van der Waals surface area contributed by atoms with E-state index in [0.29, 0.717) is 25.5 Å². The highest BCUT2D eigenvalue weighted by Crippen LogP contribution is 2.35. The first kappa shape index (κ1) is 22.3. The van der Waals surface area contributed by atoms with Crippen LogP contribution in [-0.2, 0) is 30.9 Å². The van der Waals surface area contributed by atoms with Crippen molar-refractivity contribution in [2.45, 2.75) is 11.4 Å². The van der Waals surface area contributed by atoms with Gasteiger partial charge in [0.15, 0.2) is 6.61 Å². The number of carbonyl (C=O) groups excluding carboxylic acids is 2. The predicted octanol–water partition coefficient (Wildman–Crippen LogP) is 1.09. The number of sulfonamides is 1. The van der Waals surface area contributed by atoms with Gasteiger partial charge in [-0.25, -0.2) is 8.42 Å². The van der Waals surface area contributed by atoms with Crippen LogP contribution in [0.3, 0.4) is 0 Å². The minimum atomic E-state index is -3.76. The first-order valence-electron chi connectivity index (χ1n) is 10.3. The Kier molecular flexibility index (Phi) is 6.45. The van der Waals surface area contributed by atoms with Crippen LogP contribution in [0.25, 0.3) is 0 Å². The summed E-state index contributed by atoms with van der Waals surface area (Å²) in [5.41, 5.74) is 1.24. The molecule has 0 radical (unpaired) electrons. The lowest BCUT2D eigenvalue weighted by atomic mass is 10.2. The summed E-state index contributed by atoms with van der Waals surface area (Å²) in [6, 6.07) is 13.9. The predicted molar refractivity (Wildman–Crippen MR) is 117 cm³/mol. The van der Waals surface area contributed by atoms with Crippen molar-refractivity contribution in [1.82, 2.24) is 9.21 Å². The molecule has 10 heteroatoms. The Balaban J connectivity index is 1.56. The summed E-state index contributed by atoms with van der Waals surface area (Å²) in [6.07, 6.45) is 0. The van der Waals surface area contributed by atoms with Crippen molar-refractivity contribution >= 4 is 27.5 Å². The van der Waals surface area contributed by atoms with Crippen LogP contribution in [0, 0.1) is 0 Å². The quantitative estimate of drug-likeness (QED) is 0.642. The normalized spacial score (nSPS) is 16.9. The second-order valence-electron chi connectivity index (χ2n) is 7.65. The van der Waals surface area contributed by atoms with Gasteiger partial charge < -0.3 is 14.4 Å². The number of morpholine rings is 1. The minimum Gasteiger partial charge on any atom is -0.482 e. The molecule has 2 aliphatic heterocycles. The molecule has 2 aromatic rings. The third-order valence-electron chi connectivity index (χ3n) is 5.46. The number of likely N-dealkylation sites (N-methyl/N-ethyl adjacent to an activating group) is 1. The number of benzene rings is 2. The van der Waals surface area contributed by atoms with Crippen LogP contribution in [0.4, 0.5) is 5.69 Å². The standard InChI is InChI=1S/C22H25N3O6S/c1-23(14-17-5-3-2-4-6-17)21(26)15-25-19-13-18(7-8-20(19)31-16-22(25)27)32(28,29)24-9-11-30-12-10-24/h2-8,13H,9-12,14-16H2,1H3. The Bertz CT molecular complexity index is 1100. The topological polar surface area (TPSA) is 96.5 Å². The van der Waals surface area contributed by atoms with Gasteiger partial charge in [0.2, 0.25) is 15.9 Å². The van der Waals surface area contributed by atoms with E-state index < -0.39 is 15.9 Å². The van der Waals surface area contributed by atoms with Crippen LogP contribution in [0.15, 0.2) is 53.4 Å². The van der Waals surface area contributed by atoms with Gasteiger partial charge in [0.25, 0.3) is 5.91 Å². The van der Waals surface area contributed by atoms with Gasteiger partial charge in [-0.1, -0.05) is 30.3 Å². The number of hydrogen-bond acceptors (Lipinski definition) is 6. The van der Waals surface area contributed by atoms with Crippen molar-refractivity contribution in [1.29, 1.82) is 0 Å². The number of hydrogen-bond donors (Lipinski definition) is 0. The Morgan fingerprint density at radius 2 is 1.81 bits per heavy atom. The maximum absolute atomic E-state index is 13.0. The summed E-state index contributed by atoms with van der Waals surface area (Å²) >= 11 is 0. The van der Waals surface area contributed by atoms with Crippen molar-refractivity contribution in [3.8, 4) is 5.75 Å². The van der Waals surface area contributed by atoms with E-state index in [2.05, 4.69) is 0 Å². The number of anilines is 1. The molecule has 0 spiro atoms. The Morgan fingerprint density at radius 1 is 1.09 bits per heavy atom. The van der Waals surface area contributed by atoms with Gasteiger partial charge in [0, 0.05) is 26.7 Å². The molecule has 2 aliphatic rings. The Labute approximate surface area is 187 Å². The van der Waals surface area contributed by atoms with Crippen molar-refractivity contribution < 1.29 is 27.5 Å².